The molecule has 4 heteroatoms. The Morgan fingerprint density at radius 1 is 0.875 bits per heavy atom. The van der Waals surface area contributed by atoms with Gasteiger partial charge in [-0.1, -0.05) is 42.5 Å². The number of benzene rings is 2. The highest BCUT2D eigenvalue weighted by Gasteiger charge is 2.17. The van der Waals surface area contributed by atoms with Crippen LogP contribution in [0, 0.1) is 11.3 Å². The molecule has 0 aliphatic carbocycles. The minimum atomic E-state index is 0.616. The summed E-state index contributed by atoms with van der Waals surface area (Å²) in [5, 5.41) is 18.1. The Labute approximate surface area is 140 Å². The van der Waals surface area contributed by atoms with Gasteiger partial charge in [0.1, 0.15) is 5.71 Å². The molecule has 2 aromatic carbocycles. The summed E-state index contributed by atoms with van der Waals surface area (Å²) in [4.78, 5) is 0. The van der Waals surface area contributed by atoms with Gasteiger partial charge in [-0.05, 0) is 29.8 Å². The van der Waals surface area contributed by atoms with Gasteiger partial charge in [-0.3, -0.25) is 0 Å². The van der Waals surface area contributed by atoms with Crippen LogP contribution in [-0.4, -0.2) is 16.0 Å². The lowest BCUT2D eigenvalue weighted by atomic mass is 10.0. The van der Waals surface area contributed by atoms with Crippen molar-refractivity contribution < 1.29 is 0 Å². The Morgan fingerprint density at radius 2 is 1.71 bits per heavy atom. The largest absolute Gasteiger partial charge is 0.340 e. The second-order valence-corrected chi connectivity index (χ2v) is 5.58. The molecule has 4 nitrogen and oxygen atoms in total. The zero-order valence-corrected chi connectivity index (χ0v) is 12.9. The molecule has 0 fully saturated rings. The van der Waals surface area contributed by atoms with Crippen LogP contribution in [0.5, 0.6) is 0 Å². The highest BCUT2D eigenvalue weighted by Crippen LogP contribution is 2.18. The van der Waals surface area contributed by atoms with Crippen molar-refractivity contribution in [1.29, 1.82) is 5.26 Å². The van der Waals surface area contributed by atoms with Gasteiger partial charge in [0.05, 0.1) is 29.6 Å². The van der Waals surface area contributed by atoms with Crippen LogP contribution in [0.4, 0.5) is 0 Å². The molecule has 1 aliphatic rings. The third-order valence-corrected chi connectivity index (χ3v) is 4.04. The van der Waals surface area contributed by atoms with Crippen LogP contribution in [0.15, 0.2) is 83.1 Å². The molecule has 0 spiro atoms. The molecular formula is C20H14N4. The van der Waals surface area contributed by atoms with E-state index in [4.69, 9.17) is 5.26 Å². The van der Waals surface area contributed by atoms with Crippen LogP contribution in [0.3, 0.4) is 0 Å². The molecule has 0 unspecified atom stereocenters. The van der Waals surface area contributed by atoms with E-state index in [0.29, 0.717) is 12.1 Å². The fraction of sp³-hybridized carbons (Fsp3) is 0.0500. The molecular weight excluding hydrogens is 296 g/mol. The molecule has 1 aromatic heterocycles. The zero-order valence-electron chi connectivity index (χ0n) is 12.9. The van der Waals surface area contributed by atoms with Crippen molar-refractivity contribution in [3.63, 3.8) is 0 Å². The quantitative estimate of drug-likeness (QED) is 0.713. The fourth-order valence-corrected chi connectivity index (χ4v) is 2.84. The lowest BCUT2D eigenvalue weighted by Gasteiger charge is -2.09. The molecule has 0 saturated heterocycles. The molecule has 0 saturated carbocycles. The highest BCUT2D eigenvalue weighted by molar-refractivity contribution is 6.13. The molecule has 0 amide bonds. The summed E-state index contributed by atoms with van der Waals surface area (Å²) >= 11 is 0. The first-order chi connectivity index (χ1) is 11.8. The molecule has 0 N–H and O–H groups in total. The molecule has 3 aromatic rings. The predicted octanol–water partition coefficient (Wildman–Crippen LogP) is 3.62. The average Bonchev–Trinajstić information content (AvgIpc) is 3.02. The first-order valence-corrected chi connectivity index (χ1v) is 7.71. The Balaban J connectivity index is 1.85. The van der Waals surface area contributed by atoms with Gasteiger partial charge in [0.25, 0.3) is 0 Å². The van der Waals surface area contributed by atoms with E-state index in [1.807, 2.05) is 66.9 Å². The van der Waals surface area contributed by atoms with Gasteiger partial charge in [0, 0.05) is 11.8 Å². The van der Waals surface area contributed by atoms with E-state index in [1.54, 1.807) is 6.07 Å². The van der Waals surface area contributed by atoms with Crippen LogP contribution in [0.2, 0.25) is 0 Å². The van der Waals surface area contributed by atoms with Gasteiger partial charge in [-0.15, -0.1) is 5.10 Å². The highest BCUT2D eigenvalue weighted by atomic mass is 15.2. The first-order valence-electron chi connectivity index (χ1n) is 7.71. The van der Waals surface area contributed by atoms with Gasteiger partial charge in [0.15, 0.2) is 0 Å². The number of nitrogens with zero attached hydrogens (tertiary/aromatic N) is 4. The van der Waals surface area contributed by atoms with E-state index >= 15 is 0 Å². The standard InChI is InChI=1S/C20H14N4/c21-13-15-6-4-9-17(12-15)20-19-10-5-11-24(19)14-18(22-23-20)16-7-2-1-3-8-16/h1-12H,14H2. The zero-order chi connectivity index (χ0) is 16.4. The van der Waals surface area contributed by atoms with Crippen molar-refractivity contribution in [3.8, 4) is 6.07 Å². The van der Waals surface area contributed by atoms with Crippen molar-refractivity contribution in [2.45, 2.75) is 6.54 Å². The number of nitriles is 1. The number of aromatic nitrogens is 1. The van der Waals surface area contributed by atoms with E-state index in [9.17, 15) is 0 Å². The summed E-state index contributed by atoms with van der Waals surface area (Å²) in [5.74, 6) is 0. The summed E-state index contributed by atoms with van der Waals surface area (Å²) in [6.07, 6.45) is 2.03. The maximum absolute atomic E-state index is 9.14. The summed E-state index contributed by atoms with van der Waals surface area (Å²) in [5.41, 5.74) is 5.27. The SMILES string of the molecule is N#Cc1cccc(C2=NN=C(c3ccccc3)Cn3cccc32)c1. The molecule has 0 bridgehead atoms. The number of hydrogen-bond donors (Lipinski definition) is 0. The van der Waals surface area contributed by atoms with Crippen molar-refractivity contribution in [2.75, 3.05) is 0 Å². The van der Waals surface area contributed by atoms with E-state index in [0.717, 1.165) is 28.2 Å². The first kappa shape index (κ1) is 14.2. The maximum Gasteiger partial charge on any atom is 0.117 e. The summed E-state index contributed by atoms with van der Waals surface area (Å²) in [6, 6.07) is 23.8. The van der Waals surface area contributed by atoms with Crippen molar-refractivity contribution in [1.82, 2.24) is 4.57 Å². The molecule has 0 atom stereocenters. The van der Waals surface area contributed by atoms with Gasteiger partial charge >= 0.3 is 0 Å². The maximum atomic E-state index is 9.14. The molecule has 24 heavy (non-hydrogen) atoms. The Hall–Kier alpha value is -3.45. The Kier molecular flexibility index (Phi) is 3.53. The van der Waals surface area contributed by atoms with Crippen LogP contribution in [0.25, 0.3) is 0 Å². The van der Waals surface area contributed by atoms with E-state index in [1.165, 1.54) is 0 Å². The normalized spacial score (nSPS) is 13.3. The van der Waals surface area contributed by atoms with E-state index in [-0.39, 0.29) is 0 Å². The third kappa shape index (κ3) is 2.53. The van der Waals surface area contributed by atoms with Gasteiger partial charge in [0.2, 0.25) is 0 Å². The average molecular weight is 310 g/mol. The van der Waals surface area contributed by atoms with Gasteiger partial charge in [-0.2, -0.15) is 10.4 Å². The monoisotopic (exact) mass is 310 g/mol. The summed E-state index contributed by atoms with van der Waals surface area (Å²) < 4.78 is 2.14. The van der Waals surface area contributed by atoms with Crippen molar-refractivity contribution in [2.24, 2.45) is 10.2 Å². The van der Waals surface area contributed by atoms with Gasteiger partial charge in [-0.25, -0.2) is 0 Å². The second-order valence-electron chi connectivity index (χ2n) is 5.58. The molecule has 114 valence electrons. The molecule has 0 radical (unpaired) electrons. The minimum absolute atomic E-state index is 0.616. The Bertz CT molecular complexity index is 988. The lowest BCUT2D eigenvalue weighted by Crippen LogP contribution is -2.13. The van der Waals surface area contributed by atoms with Crippen molar-refractivity contribution in [3.05, 3.63) is 95.3 Å². The smallest absolute Gasteiger partial charge is 0.117 e. The number of fused-ring (bicyclic) bond motifs is 1. The van der Waals surface area contributed by atoms with E-state index in [2.05, 4.69) is 20.8 Å². The van der Waals surface area contributed by atoms with Gasteiger partial charge < -0.3 is 4.57 Å². The second kappa shape index (κ2) is 5.98. The van der Waals surface area contributed by atoms with Crippen LogP contribution < -0.4 is 0 Å². The molecule has 1 aliphatic heterocycles. The molecule has 2 heterocycles. The van der Waals surface area contributed by atoms with Crippen LogP contribution >= 0.6 is 0 Å². The van der Waals surface area contributed by atoms with Crippen LogP contribution in [0.1, 0.15) is 22.4 Å². The Morgan fingerprint density at radius 3 is 2.54 bits per heavy atom. The lowest BCUT2D eigenvalue weighted by molar-refractivity contribution is 0.856. The third-order valence-electron chi connectivity index (χ3n) is 4.04. The van der Waals surface area contributed by atoms with Crippen molar-refractivity contribution >= 4 is 11.4 Å². The minimum Gasteiger partial charge on any atom is -0.340 e. The number of hydrogen-bond acceptors (Lipinski definition) is 3. The number of rotatable bonds is 2. The predicted molar refractivity (Wildman–Crippen MR) is 94.2 cm³/mol. The fourth-order valence-electron chi connectivity index (χ4n) is 2.84. The topological polar surface area (TPSA) is 53.4 Å². The van der Waals surface area contributed by atoms with Crippen LogP contribution in [-0.2, 0) is 6.54 Å². The molecule has 4 rings (SSSR count). The summed E-state index contributed by atoms with van der Waals surface area (Å²) in [6.45, 7) is 0.664. The summed E-state index contributed by atoms with van der Waals surface area (Å²) in [7, 11) is 0. The van der Waals surface area contributed by atoms with E-state index < -0.39 is 0 Å².